The molecule has 0 heterocycles. The van der Waals surface area contributed by atoms with Gasteiger partial charge in [0.2, 0.25) is 5.91 Å². The van der Waals surface area contributed by atoms with E-state index in [2.05, 4.69) is 10.3 Å². The first-order valence-electron chi connectivity index (χ1n) is 3.37. The lowest BCUT2D eigenvalue weighted by molar-refractivity contribution is -0.123. The monoisotopic (exact) mass is 156 g/mol. The Labute approximate surface area is 65.7 Å². The number of rotatable bonds is 4. The lowest BCUT2D eigenvalue weighted by Crippen LogP contribution is -2.28. The molecule has 0 atom stereocenters. The second-order valence-electron chi connectivity index (χ2n) is 2.05. The fourth-order valence-corrected chi connectivity index (χ4v) is 0.472. The number of nitrogens with zero attached hydrogens (tertiary/aromatic N) is 1. The minimum atomic E-state index is -0.196. The maximum atomic E-state index is 10.8. The van der Waals surface area contributed by atoms with E-state index in [0.29, 0.717) is 0 Å². The van der Waals surface area contributed by atoms with Crippen LogP contribution in [0.4, 0.5) is 0 Å². The first-order chi connectivity index (χ1) is 5.16. The van der Waals surface area contributed by atoms with Crippen LogP contribution in [0.25, 0.3) is 0 Å². The molecule has 0 radical (unpaired) electrons. The van der Waals surface area contributed by atoms with Gasteiger partial charge >= 0.3 is 0 Å². The molecule has 11 heavy (non-hydrogen) atoms. The quantitative estimate of drug-likeness (QED) is 0.572. The highest BCUT2D eigenvalue weighted by atomic mass is 16.2. The van der Waals surface area contributed by atoms with Gasteiger partial charge in [0.1, 0.15) is 0 Å². The summed E-state index contributed by atoms with van der Waals surface area (Å²) >= 11 is 0. The second kappa shape index (κ2) is 5.58. The van der Waals surface area contributed by atoms with Crippen LogP contribution < -0.4 is 5.32 Å². The highest BCUT2D eigenvalue weighted by molar-refractivity contribution is 5.87. The van der Waals surface area contributed by atoms with E-state index in [4.69, 9.17) is 0 Å². The Bertz CT molecular complexity index is 175. The summed E-state index contributed by atoms with van der Waals surface area (Å²) in [6.45, 7) is 3.34. The Hall–Kier alpha value is -1.19. The molecule has 0 saturated carbocycles. The van der Waals surface area contributed by atoms with E-state index >= 15 is 0 Å². The predicted molar refractivity (Wildman–Crippen MR) is 42.7 cm³/mol. The summed E-state index contributed by atoms with van der Waals surface area (Å²) in [5.74, 6) is -0.280. The molecule has 0 aliphatic heterocycles. The number of hydrogen-bond donors (Lipinski definition) is 1. The van der Waals surface area contributed by atoms with Gasteiger partial charge in [-0.05, 0) is 13.1 Å². The van der Waals surface area contributed by atoms with Gasteiger partial charge < -0.3 is 5.32 Å². The average Bonchev–Trinajstić information content (AvgIpc) is 1.97. The van der Waals surface area contributed by atoms with Gasteiger partial charge in [-0.25, -0.2) is 0 Å². The van der Waals surface area contributed by atoms with Gasteiger partial charge in [-0.2, -0.15) is 0 Å². The van der Waals surface area contributed by atoms with Crippen LogP contribution in [0.3, 0.4) is 0 Å². The standard InChI is InChI=1S/C7H12N2O2/c1-3-8-4-7(11)5-9-6(2)10/h3H,4-5H2,1-2H3,(H,9,10). The van der Waals surface area contributed by atoms with Crippen LogP contribution in [0.15, 0.2) is 4.99 Å². The molecule has 0 aromatic carbocycles. The molecule has 1 amide bonds. The molecule has 0 aliphatic rings. The van der Waals surface area contributed by atoms with Gasteiger partial charge in [0.15, 0.2) is 5.78 Å². The summed E-state index contributed by atoms with van der Waals surface area (Å²) < 4.78 is 0. The fraction of sp³-hybridized carbons (Fsp3) is 0.571. The van der Waals surface area contributed by atoms with E-state index < -0.39 is 0 Å². The molecule has 0 spiro atoms. The Kier molecular flexibility index (Phi) is 4.98. The number of ketones is 1. The maximum absolute atomic E-state index is 10.8. The molecule has 0 fully saturated rings. The zero-order valence-corrected chi connectivity index (χ0v) is 6.76. The number of hydrogen-bond acceptors (Lipinski definition) is 3. The highest BCUT2D eigenvalue weighted by Gasteiger charge is 1.99. The number of carbonyl (C=O) groups excluding carboxylic acids is 2. The van der Waals surface area contributed by atoms with Gasteiger partial charge in [0.05, 0.1) is 13.1 Å². The van der Waals surface area contributed by atoms with Gasteiger partial charge in [-0.3, -0.25) is 14.6 Å². The summed E-state index contributed by atoms with van der Waals surface area (Å²) in [4.78, 5) is 24.8. The van der Waals surface area contributed by atoms with Crippen LogP contribution in [-0.2, 0) is 9.59 Å². The zero-order valence-electron chi connectivity index (χ0n) is 6.76. The third kappa shape index (κ3) is 6.70. The second-order valence-corrected chi connectivity index (χ2v) is 2.05. The van der Waals surface area contributed by atoms with Gasteiger partial charge in [0.25, 0.3) is 0 Å². The van der Waals surface area contributed by atoms with Crippen molar-refractivity contribution in [2.45, 2.75) is 13.8 Å². The Morgan fingerprint density at radius 3 is 2.64 bits per heavy atom. The average molecular weight is 156 g/mol. The predicted octanol–water partition coefficient (Wildman–Crippen LogP) is -0.218. The maximum Gasteiger partial charge on any atom is 0.217 e. The van der Waals surface area contributed by atoms with E-state index in [-0.39, 0.29) is 24.8 Å². The Balaban J connectivity index is 3.45. The van der Waals surface area contributed by atoms with Gasteiger partial charge in [-0.15, -0.1) is 0 Å². The van der Waals surface area contributed by atoms with Crippen LogP contribution in [-0.4, -0.2) is 31.0 Å². The Morgan fingerprint density at radius 1 is 1.55 bits per heavy atom. The number of amides is 1. The highest BCUT2D eigenvalue weighted by Crippen LogP contribution is 1.72. The lowest BCUT2D eigenvalue weighted by Gasteiger charge is -1.97. The molecule has 0 rings (SSSR count). The van der Waals surface area contributed by atoms with Crippen LogP contribution in [0.2, 0.25) is 0 Å². The SMILES string of the molecule is CC=NCC(=O)CNC(C)=O. The number of nitrogens with one attached hydrogen (secondary N) is 1. The van der Waals surface area contributed by atoms with Crippen LogP contribution in [0, 0.1) is 0 Å². The molecule has 4 heteroatoms. The lowest BCUT2D eigenvalue weighted by atomic mass is 10.4. The van der Waals surface area contributed by atoms with E-state index in [1.54, 1.807) is 13.1 Å². The largest absolute Gasteiger partial charge is 0.349 e. The Morgan fingerprint density at radius 2 is 2.18 bits per heavy atom. The third-order valence-electron chi connectivity index (χ3n) is 0.985. The molecule has 0 saturated heterocycles. The third-order valence-corrected chi connectivity index (χ3v) is 0.985. The van der Waals surface area contributed by atoms with E-state index in [1.165, 1.54) is 6.92 Å². The van der Waals surface area contributed by atoms with Crippen molar-refractivity contribution in [2.24, 2.45) is 4.99 Å². The molecular formula is C7H12N2O2. The molecule has 1 N–H and O–H groups in total. The van der Waals surface area contributed by atoms with Gasteiger partial charge in [0, 0.05) is 6.92 Å². The van der Waals surface area contributed by atoms with Crippen molar-refractivity contribution in [1.82, 2.24) is 5.32 Å². The summed E-state index contributed by atoms with van der Waals surface area (Å²) in [5.41, 5.74) is 0. The smallest absolute Gasteiger partial charge is 0.217 e. The number of Topliss-reactive ketones (excluding diaryl/α,β-unsaturated/α-hetero) is 1. The van der Waals surface area contributed by atoms with E-state index in [9.17, 15) is 9.59 Å². The first kappa shape index (κ1) is 9.81. The van der Waals surface area contributed by atoms with Crippen molar-refractivity contribution in [2.75, 3.05) is 13.1 Å². The number of carbonyl (C=O) groups is 2. The molecule has 0 aliphatic carbocycles. The molecular weight excluding hydrogens is 144 g/mol. The topological polar surface area (TPSA) is 58.5 Å². The van der Waals surface area contributed by atoms with E-state index in [1.807, 2.05) is 0 Å². The molecule has 0 aromatic heterocycles. The zero-order chi connectivity index (χ0) is 8.69. The minimum absolute atomic E-state index is 0.0761. The van der Waals surface area contributed by atoms with Crippen molar-refractivity contribution < 1.29 is 9.59 Å². The summed E-state index contributed by atoms with van der Waals surface area (Å²) in [6.07, 6.45) is 1.56. The molecule has 4 nitrogen and oxygen atoms in total. The summed E-state index contributed by atoms with van der Waals surface area (Å²) in [5, 5.41) is 2.39. The minimum Gasteiger partial charge on any atom is -0.349 e. The first-order valence-corrected chi connectivity index (χ1v) is 3.37. The normalized spacial score (nSPS) is 10.0. The summed E-state index contributed by atoms with van der Waals surface area (Å²) in [6, 6.07) is 0. The molecule has 0 bridgehead atoms. The molecule has 62 valence electrons. The van der Waals surface area contributed by atoms with Gasteiger partial charge in [-0.1, -0.05) is 0 Å². The molecule has 0 aromatic rings. The van der Waals surface area contributed by atoms with Crippen LogP contribution in [0.1, 0.15) is 13.8 Å². The van der Waals surface area contributed by atoms with Crippen LogP contribution in [0.5, 0.6) is 0 Å². The number of aliphatic imine (C=N–C) groups is 1. The van der Waals surface area contributed by atoms with Crippen molar-refractivity contribution >= 4 is 17.9 Å². The van der Waals surface area contributed by atoms with E-state index in [0.717, 1.165) is 0 Å². The van der Waals surface area contributed by atoms with Crippen molar-refractivity contribution in [1.29, 1.82) is 0 Å². The molecule has 0 unspecified atom stereocenters. The van der Waals surface area contributed by atoms with Crippen molar-refractivity contribution in [3.05, 3.63) is 0 Å². The van der Waals surface area contributed by atoms with Crippen molar-refractivity contribution in [3.8, 4) is 0 Å². The van der Waals surface area contributed by atoms with Crippen molar-refractivity contribution in [3.63, 3.8) is 0 Å². The summed E-state index contributed by atoms with van der Waals surface area (Å²) in [7, 11) is 0. The van der Waals surface area contributed by atoms with Crippen LogP contribution >= 0.6 is 0 Å². The fourth-order valence-electron chi connectivity index (χ4n) is 0.472.